The van der Waals surface area contributed by atoms with E-state index in [1.54, 1.807) is 6.26 Å². The number of phosphoric acid groups is 1. The molecule has 0 aliphatic rings. The highest BCUT2D eigenvalue weighted by Crippen LogP contribution is 2.38. The molecule has 0 spiro atoms. The summed E-state index contributed by atoms with van der Waals surface area (Å²) in [5.41, 5.74) is 0. The first kappa shape index (κ1) is 53.7. The summed E-state index contributed by atoms with van der Waals surface area (Å²) in [5, 5.41) is 9.91. The van der Waals surface area contributed by atoms with Crippen LogP contribution in [0.15, 0.2) is 73.1 Å². The average molecular weight is 808 g/mol. The number of hydrogen-bond donors (Lipinski definition) is 1. The molecule has 56 heavy (non-hydrogen) atoms. The average Bonchev–Trinajstić information content (AvgIpc) is 3.14. The molecule has 0 fully saturated rings. The van der Waals surface area contributed by atoms with Gasteiger partial charge in [-0.3, -0.25) is 9.36 Å². The molecule has 0 aromatic heterocycles. The van der Waals surface area contributed by atoms with Crippen LogP contribution >= 0.6 is 7.82 Å². The van der Waals surface area contributed by atoms with Crippen LogP contribution in [0.1, 0.15) is 155 Å². The molecule has 0 rings (SSSR count). The van der Waals surface area contributed by atoms with Crippen molar-refractivity contribution in [3.63, 3.8) is 0 Å². The normalized spacial score (nSPS) is 15.0. The Balaban J connectivity index is 4.48. The largest absolute Gasteiger partial charge is 0.756 e. The Morgan fingerprint density at radius 3 is 1.89 bits per heavy atom. The minimum Gasteiger partial charge on any atom is -0.756 e. The number of carbonyl (C=O) groups is 1. The maximum atomic E-state index is 12.6. The van der Waals surface area contributed by atoms with E-state index in [0.29, 0.717) is 17.4 Å². The molecule has 3 atom stereocenters. The van der Waals surface area contributed by atoms with Crippen LogP contribution in [-0.2, 0) is 27.9 Å². The van der Waals surface area contributed by atoms with Crippen molar-refractivity contribution in [1.82, 2.24) is 0 Å². The number of unbranched alkanes of at least 4 members (excludes halogenated alkanes) is 14. The van der Waals surface area contributed by atoms with Crippen molar-refractivity contribution in [2.24, 2.45) is 0 Å². The Hall–Kier alpha value is -2.26. The van der Waals surface area contributed by atoms with Crippen LogP contribution in [0.4, 0.5) is 0 Å². The summed E-state index contributed by atoms with van der Waals surface area (Å²) in [4.78, 5) is 25.0. The Morgan fingerprint density at radius 1 is 0.679 bits per heavy atom. The van der Waals surface area contributed by atoms with E-state index in [-0.39, 0.29) is 32.3 Å². The number of aliphatic hydroxyl groups is 1. The molecular formula is C46H82NO8P. The van der Waals surface area contributed by atoms with Gasteiger partial charge in [-0.1, -0.05) is 139 Å². The van der Waals surface area contributed by atoms with Gasteiger partial charge in [0.15, 0.2) is 6.10 Å². The molecule has 0 saturated heterocycles. The number of likely N-dealkylation sites (N-methyl/N-ethyl adjacent to an activating group) is 1. The van der Waals surface area contributed by atoms with Gasteiger partial charge in [-0.25, -0.2) is 0 Å². The maximum Gasteiger partial charge on any atom is 0.306 e. The van der Waals surface area contributed by atoms with E-state index in [4.69, 9.17) is 18.5 Å². The molecule has 0 bridgehead atoms. The molecule has 10 heteroatoms. The van der Waals surface area contributed by atoms with E-state index in [1.807, 2.05) is 51.5 Å². The van der Waals surface area contributed by atoms with Crippen molar-refractivity contribution >= 4 is 13.8 Å². The zero-order valence-corrected chi connectivity index (χ0v) is 37.1. The molecule has 1 unspecified atom stereocenters. The van der Waals surface area contributed by atoms with Crippen molar-refractivity contribution in [1.29, 1.82) is 0 Å². The van der Waals surface area contributed by atoms with Crippen LogP contribution < -0.4 is 4.89 Å². The fraction of sp³-hybridized carbons (Fsp3) is 0.717. The molecule has 0 amide bonds. The number of rotatable bonds is 39. The Kier molecular flexibility index (Phi) is 36.7. The van der Waals surface area contributed by atoms with Gasteiger partial charge in [0.2, 0.25) is 0 Å². The zero-order chi connectivity index (χ0) is 41.4. The summed E-state index contributed by atoms with van der Waals surface area (Å²) in [6.07, 6.45) is 46.2. The molecule has 0 radical (unpaired) electrons. The monoisotopic (exact) mass is 808 g/mol. The standard InChI is InChI=1S/C46H82NO8P/c1-6-8-10-11-12-13-14-15-16-17-18-22-25-28-31-35-40-52-42-45(43-54-56(50,51)53-41-39-47(3,4)5)55-46(49)38-34-30-27-24-21-19-20-23-26-29-33-37-44(48)36-32-9-7-2/h15-16,19-20,24,26-27,29,33,35,37,40,44-45,48H,6-14,17-18,21-23,25,28,30-32,34,36,38-39,41-43H2,1-5H3/b16-15-,20-19-,27-24-,29-26-,37-33+,40-35+/t44-,45+/m0/s1. The Morgan fingerprint density at radius 2 is 1.23 bits per heavy atom. The fourth-order valence-corrected chi connectivity index (χ4v) is 6.16. The summed E-state index contributed by atoms with van der Waals surface area (Å²) in [5.74, 6) is -0.433. The van der Waals surface area contributed by atoms with Gasteiger partial charge in [-0.2, -0.15) is 0 Å². The van der Waals surface area contributed by atoms with Crippen LogP contribution in [0.5, 0.6) is 0 Å². The van der Waals surface area contributed by atoms with Gasteiger partial charge in [0.05, 0.1) is 40.1 Å². The number of carbonyl (C=O) groups excluding carboxylic acids is 1. The van der Waals surface area contributed by atoms with Crippen molar-refractivity contribution in [2.75, 3.05) is 47.5 Å². The first-order valence-corrected chi connectivity index (χ1v) is 23.3. The van der Waals surface area contributed by atoms with Crippen LogP contribution in [0.3, 0.4) is 0 Å². The van der Waals surface area contributed by atoms with E-state index in [0.717, 1.165) is 70.6 Å². The van der Waals surface area contributed by atoms with Gasteiger partial charge < -0.3 is 33.0 Å². The van der Waals surface area contributed by atoms with E-state index < -0.39 is 19.9 Å². The third kappa shape index (κ3) is 41.4. The second kappa shape index (κ2) is 38.3. The molecule has 324 valence electrons. The maximum absolute atomic E-state index is 12.6. The summed E-state index contributed by atoms with van der Waals surface area (Å²) in [7, 11) is 1.24. The lowest BCUT2D eigenvalue weighted by atomic mass is 10.1. The van der Waals surface area contributed by atoms with Gasteiger partial charge in [-0.15, -0.1) is 0 Å². The molecule has 0 aromatic rings. The lowest BCUT2D eigenvalue weighted by Gasteiger charge is -2.28. The fourth-order valence-electron chi connectivity index (χ4n) is 5.43. The van der Waals surface area contributed by atoms with Crippen LogP contribution in [-0.4, -0.2) is 75.3 Å². The van der Waals surface area contributed by atoms with Crippen molar-refractivity contribution in [3.05, 3.63) is 73.1 Å². The third-order valence-electron chi connectivity index (χ3n) is 8.90. The van der Waals surface area contributed by atoms with Crippen LogP contribution in [0.2, 0.25) is 0 Å². The molecule has 0 heterocycles. The third-order valence-corrected chi connectivity index (χ3v) is 9.86. The second-order valence-electron chi connectivity index (χ2n) is 15.6. The number of ether oxygens (including phenoxy) is 2. The van der Waals surface area contributed by atoms with Crippen LogP contribution in [0.25, 0.3) is 0 Å². The smallest absolute Gasteiger partial charge is 0.306 e. The predicted octanol–water partition coefficient (Wildman–Crippen LogP) is 11.4. The molecular weight excluding hydrogens is 725 g/mol. The summed E-state index contributed by atoms with van der Waals surface area (Å²) in [6, 6.07) is 0. The summed E-state index contributed by atoms with van der Waals surface area (Å²) < 4.78 is 34.2. The Bertz CT molecular complexity index is 1140. The molecule has 1 N–H and O–H groups in total. The molecule has 0 saturated carbocycles. The molecule has 0 aliphatic heterocycles. The predicted molar refractivity (Wildman–Crippen MR) is 232 cm³/mol. The lowest BCUT2D eigenvalue weighted by Crippen LogP contribution is -2.37. The van der Waals surface area contributed by atoms with Crippen molar-refractivity contribution in [2.45, 2.75) is 167 Å². The number of hydrogen-bond acceptors (Lipinski definition) is 8. The van der Waals surface area contributed by atoms with Gasteiger partial charge in [0.1, 0.15) is 19.8 Å². The summed E-state index contributed by atoms with van der Waals surface area (Å²) in [6.45, 7) is 4.49. The number of esters is 1. The van der Waals surface area contributed by atoms with Gasteiger partial charge in [0, 0.05) is 6.42 Å². The first-order valence-electron chi connectivity index (χ1n) is 21.8. The number of aliphatic hydroxyl groups excluding tert-OH is 1. The van der Waals surface area contributed by atoms with Crippen molar-refractivity contribution < 1.29 is 42.4 Å². The highest BCUT2D eigenvalue weighted by Gasteiger charge is 2.20. The summed E-state index contributed by atoms with van der Waals surface area (Å²) >= 11 is 0. The highest BCUT2D eigenvalue weighted by molar-refractivity contribution is 7.45. The topological polar surface area (TPSA) is 114 Å². The van der Waals surface area contributed by atoms with E-state index in [2.05, 4.69) is 50.3 Å². The van der Waals surface area contributed by atoms with E-state index in [9.17, 15) is 19.4 Å². The first-order chi connectivity index (χ1) is 27.0. The minimum atomic E-state index is -4.57. The van der Waals surface area contributed by atoms with E-state index in [1.165, 1.54) is 57.8 Å². The molecule has 9 nitrogen and oxygen atoms in total. The second-order valence-corrected chi connectivity index (χ2v) is 17.0. The molecule has 0 aliphatic carbocycles. The number of allylic oxidation sites excluding steroid dienone is 10. The number of nitrogens with zero attached hydrogens (tertiary/aromatic N) is 1. The van der Waals surface area contributed by atoms with Crippen molar-refractivity contribution in [3.8, 4) is 0 Å². The minimum absolute atomic E-state index is 0.00698. The number of phosphoric ester groups is 1. The zero-order valence-electron chi connectivity index (χ0n) is 36.2. The van der Waals surface area contributed by atoms with E-state index >= 15 is 0 Å². The Labute approximate surface area is 343 Å². The highest BCUT2D eigenvalue weighted by atomic mass is 31.2. The molecule has 0 aromatic carbocycles. The number of quaternary nitrogens is 1. The van der Waals surface area contributed by atoms with Crippen LogP contribution in [0, 0.1) is 0 Å². The quantitative estimate of drug-likeness (QED) is 0.0124. The van der Waals surface area contributed by atoms with Gasteiger partial charge in [0.25, 0.3) is 7.82 Å². The van der Waals surface area contributed by atoms with Gasteiger partial charge in [-0.05, 0) is 76.7 Å². The lowest BCUT2D eigenvalue weighted by molar-refractivity contribution is -0.870. The van der Waals surface area contributed by atoms with Gasteiger partial charge >= 0.3 is 5.97 Å². The SMILES string of the molecule is CCCCCCCC/C=C\CCCCCC/C=C/OC[C@H](COP(=O)([O-])OCC[N+](C)(C)C)OC(=O)CCC/C=C\C/C=C\C/C=C\C=C\[C@@H](O)CCCCC.